The van der Waals surface area contributed by atoms with E-state index in [1.165, 1.54) is 18.2 Å². The van der Waals surface area contributed by atoms with Crippen LogP contribution in [0.15, 0.2) is 36.4 Å². The molecule has 1 aromatic heterocycles. The second-order valence-electron chi connectivity index (χ2n) is 5.98. The largest absolute Gasteiger partial charge is 0.490 e. The quantitative estimate of drug-likeness (QED) is 0.436. The van der Waals surface area contributed by atoms with E-state index in [-0.39, 0.29) is 22.8 Å². The lowest BCUT2D eigenvalue weighted by atomic mass is 10.1. The van der Waals surface area contributed by atoms with Gasteiger partial charge in [0.05, 0.1) is 4.92 Å². The Morgan fingerprint density at radius 3 is 2.59 bits per heavy atom. The molecule has 2 heterocycles. The van der Waals surface area contributed by atoms with E-state index in [0.29, 0.717) is 30.8 Å². The Morgan fingerprint density at radius 2 is 1.96 bits per heavy atom. The van der Waals surface area contributed by atoms with Gasteiger partial charge >= 0.3 is 5.00 Å². The summed E-state index contributed by atoms with van der Waals surface area (Å²) in [7, 11) is 0. The van der Waals surface area contributed by atoms with E-state index in [2.05, 4.69) is 0 Å². The minimum Gasteiger partial charge on any atom is -0.490 e. The molecular weight excluding hydrogens is 378 g/mol. The SMILES string of the molecule is O=C(/C=C/c1ccc([N+](=O)[O-])s1)N1CCC(Oc2ccc(F)c(F)c2)CC1. The first-order chi connectivity index (χ1) is 12.9. The molecular formula is C18H16F2N2O4S. The Hall–Kier alpha value is -2.81. The molecule has 3 rings (SSSR count). The molecule has 0 saturated carbocycles. The molecule has 1 amide bonds. The highest BCUT2D eigenvalue weighted by molar-refractivity contribution is 7.16. The molecule has 0 N–H and O–H groups in total. The van der Waals surface area contributed by atoms with Crippen LogP contribution >= 0.6 is 11.3 Å². The number of thiophene rings is 1. The fourth-order valence-corrected chi connectivity index (χ4v) is 3.45. The maximum atomic E-state index is 13.2. The summed E-state index contributed by atoms with van der Waals surface area (Å²) in [5.74, 6) is -1.81. The highest BCUT2D eigenvalue weighted by Gasteiger charge is 2.23. The van der Waals surface area contributed by atoms with Crippen LogP contribution < -0.4 is 4.74 Å². The van der Waals surface area contributed by atoms with Crippen molar-refractivity contribution in [1.29, 1.82) is 0 Å². The minimum absolute atomic E-state index is 0.0253. The lowest BCUT2D eigenvalue weighted by molar-refractivity contribution is -0.380. The van der Waals surface area contributed by atoms with Gasteiger partial charge in [0.1, 0.15) is 11.9 Å². The number of halogens is 2. The molecule has 1 aliphatic rings. The molecule has 1 saturated heterocycles. The Morgan fingerprint density at radius 1 is 1.22 bits per heavy atom. The smallest absolute Gasteiger partial charge is 0.324 e. The zero-order valence-electron chi connectivity index (χ0n) is 14.1. The molecule has 2 aromatic rings. The number of nitro groups is 1. The maximum absolute atomic E-state index is 13.2. The number of piperidine rings is 1. The van der Waals surface area contributed by atoms with E-state index in [1.54, 1.807) is 17.0 Å². The number of benzene rings is 1. The van der Waals surface area contributed by atoms with Crippen LogP contribution in [0.5, 0.6) is 5.75 Å². The fourth-order valence-electron chi connectivity index (χ4n) is 2.73. The molecule has 9 heteroatoms. The summed E-state index contributed by atoms with van der Waals surface area (Å²) in [6.07, 6.45) is 3.92. The maximum Gasteiger partial charge on any atom is 0.324 e. The van der Waals surface area contributed by atoms with E-state index < -0.39 is 16.6 Å². The van der Waals surface area contributed by atoms with Crippen molar-refractivity contribution in [3.05, 3.63) is 63.0 Å². The van der Waals surface area contributed by atoms with Gasteiger partial charge in [0.15, 0.2) is 11.6 Å². The minimum atomic E-state index is -0.959. The third kappa shape index (κ3) is 4.88. The van der Waals surface area contributed by atoms with Gasteiger partial charge in [0.2, 0.25) is 5.91 Å². The number of ether oxygens (including phenoxy) is 1. The molecule has 0 bridgehead atoms. The average molecular weight is 394 g/mol. The predicted octanol–water partition coefficient (Wildman–Crippen LogP) is 4.02. The lowest BCUT2D eigenvalue weighted by Gasteiger charge is -2.31. The van der Waals surface area contributed by atoms with Gasteiger partial charge in [-0.25, -0.2) is 8.78 Å². The van der Waals surface area contributed by atoms with Crippen LogP contribution in [0.3, 0.4) is 0 Å². The van der Waals surface area contributed by atoms with Crippen LogP contribution in [0, 0.1) is 21.7 Å². The summed E-state index contributed by atoms with van der Waals surface area (Å²) in [6.45, 7) is 0.949. The molecule has 1 aromatic carbocycles. The van der Waals surface area contributed by atoms with Gasteiger partial charge in [-0.2, -0.15) is 0 Å². The Bertz CT molecular complexity index is 876. The Labute approximate surface area is 157 Å². The molecule has 1 fully saturated rings. The van der Waals surface area contributed by atoms with E-state index in [4.69, 9.17) is 4.74 Å². The van der Waals surface area contributed by atoms with Crippen LogP contribution in [-0.2, 0) is 4.79 Å². The molecule has 0 spiro atoms. The normalized spacial score (nSPS) is 15.3. The van der Waals surface area contributed by atoms with Crippen LogP contribution in [0.25, 0.3) is 6.08 Å². The number of carbonyl (C=O) groups is 1. The first-order valence-electron chi connectivity index (χ1n) is 8.25. The summed E-state index contributed by atoms with van der Waals surface area (Å²) < 4.78 is 31.8. The highest BCUT2D eigenvalue weighted by atomic mass is 32.1. The number of hydrogen-bond acceptors (Lipinski definition) is 5. The zero-order chi connectivity index (χ0) is 19.4. The van der Waals surface area contributed by atoms with Gasteiger partial charge in [-0.05, 0) is 24.3 Å². The third-order valence-electron chi connectivity index (χ3n) is 4.13. The predicted molar refractivity (Wildman–Crippen MR) is 96.6 cm³/mol. The van der Waals surface area contributed by atoms with Crippen LogP contribution in [0.4, 0.5) is 13.8 Å². The van der Waals surface area contributed by atoms with Gasteiger partial charge in [0.25, 0.3) is 0 Å². The Balaban J connectivity index is 1.50. The van der Waals surface area contributed by atoms with Crippen molar-refractivity contribution in [1.82, 2.24) is 4.90 Å². The molecule has 6 nitrogen and oxygen atoms in total. The lowest BCUT2D eigenvalue weighted by Crippen LogP contribution is -2.41. The van der Waals surface area contributed by atoms with E-state index >= 15 is 0 Å². The van der Waals surface area contributed by atoms with E-state index in [0.717, 1.165) is 23.5 Å². The first-order valence-corrected chi connectivity index (χ1v) is 9.07. The van der Waals surface area contributed by atoms with Gasteiger partial charge < -0.3 is 9.64 Å². The van der Waals surface area contributed by atoms with Crippen LogP contribution in [0.2, 0.25) is 0 Å². The van der Waals surface area contributed by atoms with Crippen molar-refractivity contribution in [2.75, 3.05) is 13.1 Å². The number of carbonyl (C=O) groups excluding carboxylic acids is 1. The Kier molecular flexibility index (Phi) is 5.80. The van der Waals surface area contributed by atoms with Crippen molar-refractivity contribution in [3.63, 3.8) is 0 Å². The number of nitrogens with zero attached hydrogens (tertiary/aromatic N) is 2. The molecule has 1 aliphatic heterocycles. The molecule has 27 heavy (non-hydrogen) atoms. The molecule has 0 atom stereocenters. The van der Waals surface area contributed by atoms with Gasteiger partial charge in [0, 0.05) is 49.0 Å². The number of likely N-dealkylation sites (tertiary alicyclic amines) is 1. The third-order valence-corrected chi connectivity index (χ3v) is 5.13. The summed E-state index contributed by atoms with van der Waals surface area (Å²) in [4.78, 5) is 24.7. The van der Waals surface area contributed by atoms with Crippen molar-refractivity contribution in [2.45, 2.75) is 18.9 Å². The summed E-state index contributed by atoms with van der Waals surface area (Å²) >= 11 is 0.999. The van der Waals surface area contributed by atoms with Gasteiger partial charge in [-0.1, -0.05) is 11.3 Å². The van der Waals surface area contributed by atoms with Crippen molar-refractivity contribution >= 4 is 28.3 Å². The monoisotopic (exact) mass is 394 g/mol. The average Bonchev–Trinajstić information content (AvgIpc) is 3.13. The fraction of sp³-hybridized carbons (Fsp3) is 0.278. The first kappa shape index (κ1) is 19.0. The second-order valence-corrected chi connectivity index (χ2v) is 7.08. The molecule has 0 aliphatic carbocycles. The number of rotatable bonds is 5. The van der Waals surface area contributed by atoms with E-state index in [9.17, 15) is 23.7 Å². The number of amides is 1. The summed E-state index contributed by atoms with van der Waals surface area (Å²) in [6, 6.07) is 6.39. The summed E-state index contributed by atoms with van der Waals surface area (Å²) in [5, 5.41) is 10.7. The zero-order valence-corrected chi connectivity index (χ0v) is 15.0. The summed E-state index contributed by atoms with van der Waals surface area (Å²) in [5.41, 5.74) is 0. The van der Waals surface area contributed by atoms with Crippen LogP contribution in [-0.4, -0.2) is 34.9 Å². The molecule has 0 radical (unpaired) electrons. The van der Waals surface area contributed by atoms with Crippen molar-refractivity contribution < 1.29 is 23.2 Å². The van der Waals surface area contributed by atoms with Gasteiger partial charge in [-0.15, -0.1) is 0 Å². The standard InChI is InChI=1S/C18H16F2N2O4S/c19-15-4-1-13(11-16(15)20)26-12-7-9-21(10-8-12)17(23)5-2-14-3-6-18(27-14)22(24)25/h1-6,11-12H,7-10H2/b5-2+. The van der Waals surface area contributed by atoms with Gasteiger partial charge in [-0.3, -0.25) is 14.9 Å². The molecule has 142 valence electrons. The van der Waals surface area contributed by atoms with Crippen LogP contribution in [0.1, 0.15) is 17.7 Å². The van der Waals surface area contributed by atoms with Crippen molar-refractivity contribution in [2.24, 2.45) is 0 Å². The number of hydrogen-bond donors (Lipinski definition) is 0. The second kappa shape index (κ2) is 8.26. The highest BCUT2D eigenvalue weighted by Crippen LogP contribution is 2.25. The van der Waals surface area contributed by atoms with Crippen molar-refractivity contribution in [3.8, 4) is 5.75 Å². The van der Waals surface area contributed by atoms with E-state index in [1.807, 2.05) is 0 Å². The molecule has 0 unspecified atom stereocenters. The topological polar surface area (TPSA) is 72.7 Å².